The fourth-order valence-corrected chi connectivity index (χ4v) is 3.16. The lowest BCUT2D eigenvalue weighted by atomic mass is 10.0. The third-order valence-corrected chi connectivity index (χ3v) is 4.69. The molecule has 2 N–H and O–H groups in total. The van der Waals surface area contributed by atoms with Crippen LogP contribution in [-0.2, 0) is 22.4 Å². The van der Waals surface area contributed by atoms with Gasteiger partial charge >= 0.3 is 5.97 Å². The molecule has 0 aliphatic rings. The van der Waals surface area contributed by atoms with Crippen molar-refractivity contribution in [3.63, 3.8) is 0 Å². The summed E-state index contributed by atoms with van der Waals surface area (Å²) in [6.45, 7) is 0.709. The summed E-state index contributed by atoms with van der Waals surface area (Å²) in [6.07, 6.45) is -0.454. The average molecular weight is 432 g/mol. The first-order valence-corrected chi connectivity index (χ1v) is 10.4. The van der Waals surface area contributed by atoms with Crippen molar-refractivity contribution in [2.45, 2.75) is 38.1 Å². The predicted octanol–water partition coefficient (Wildman–Crippen LogP) is 2.42. The van der Waals surface area contributed by atoms with Crippen LogP contribution in [0.1, 0.15) is 24.0 Å². The molecular formula is C24H33NO6. The number of aliphatic hydroxyl groups is 2. The summed E-state index contributed by atoms with van der Waals surface area (Å²) in [4.78, 5) is 13.9. The van der Waals surface area contributed by atoms with Crippen LogP contribution >= 0.6 is 0 Å². The van der Waals surface area contributed by atoms with Gasteiger partial charge in [0.05, 0.1) is 13.5 Å². The quantitative estimate of drug-likeness (QED) is 0.372. The van der Waals surface area contributed by atoms with Crippen molar-refractivity contribution in [3.05, 3.63) is 59.7 Å². The van der Waals surface area contributed by atoms with Gasteiger partial charge in [0.15, 0.2) is 6.29 Å². The molecular weight excluding hydrogens is 398 g/mol. The van der Waals surface area contributed by atoms with Crippen LogP contribution in [0.25, 0.3) is 0 Å². The second-order valence-electron chi connectivity index (χ2n) is 7.66. The molecule has 0 heterocycles. The number of ether oxygens (including phenoxy) is 3. The molecule has 0 spiro atoms. The fourth-order valence-electron chi connectivity index (χ4n) is 3.16. The maximum absolute atomic E-state index is 12.0. The zero-order chi connectivity index (χ0) is 22.6. The van der Waals surface area contributed by atoms with Crippen molar-refractivity contribution < 1.29 is 29.2 Å². The summed E-state index contributed by atoms with van der Waals surface area (Å²) in [6, 6.07) is 15.8. The van der Waals surface area contributed by atoms with Gasteiger partial charge in [-0.3, -0.25) is 4.79 Å². The van der Waals surface area contributed by atoms with Gasteiger partial charge in [-0.15, -0.1) is 0 Å². The number of aliphatic hydroxyl groups excluding tert-OH is 1. The molecule has 2 rings (SSSR count). The molecule has 7 heteroatoms. The van der Waals surface area contributed by atoms with Crippen LogP contribution < -0.4 is 9.47 Å². The first-order valence-electron chi connectivity index (χ1n) is 10.4. The molecule has 0 bridgehead atoms. The van der Waals surface area contributed by atoms with Gasteiger partial charge in [0.25, 0.3) is 0 Å². The minimum absolute atomic E-state index is 0.0541. The third-order valence-electron chi connectivity index (χ3n) is 4.69. The van der Waals surface area contributed by atoms with Crippen molar-refractivity contribution in [2.75, 3.05) is 34.4 Å². The van der Waals surface area contributed by atoms with E-state index in [0.717, 1.165) is 29.9 Å². The minimum atomic E-state index is -1.52. The minimum Gasteiger partial charge on any atom is -0.497 e. The Kier molecular flexibility index (Phi) is 10.3. The predicted molar refractivity (Wildman–Crippen MR) is 118 cm³/mol. The van der Waals surface area contributed by atoms with E-state index in [2.05, 4.69) is 6.07 Å². The van der Waals surface area contributed by atoms with E-state index in [-0.39, 0.29) is 19.4 Å². The maximum Gasteiger partial charge on any atom is 0.306 e. The number of likely N-dealkylation sites (N-methyl/N-ethyl adjacent to an activating group) is 1. The van der Waals surface area contributed by atoms with Crippen LogP contribution in [0.3, 0.4) is 0 Å². The highest BCUT2D eigenvalue weighted by atomic mass is 16.6. The van der Waals surface area contributed by atoms with E-state index in [9.17, 15) is 4.79 Å². The molecule has 1 atom stereocenters. The van der Waals surface area contributed by atoms with Crippen LogP contribution in [0.15, 0.2) is 48.5 Å². The molecule has 0 aliphatic carbocycles. The van der Waals surface area contributed by atoms with Gasteiger partial charge in [-0.2, -0.15) is 0 Å². The van der Waals surface area contributed by atoms with Gasteiger partial charge in [0.1, 0.15) is 24.2 Å². The van der Waals surface area contributed by atoms with Crippen LogP contribution in [0.2, 0.25) is 0 Å². The summed E-state index contributed by atoms with van der Waals surface area (Å²) in [5.74, 6) is 1.12. The van der Waals surface area contributed by atoms with E-state index in [1.54, 1.807) is 7.11 Å². The van der Waals surface area contributed by atoms with Crippen molar-refractivity contribution in [1.29, 1.82) is 0 Å². The molecule has 0 radical (unpaired) electrons. The first kappa shape index (κ1) is 24.7. The summed E-state index contributed by atoms with van der Waals surface area (Å²) in [5.41, 5.74) is 2.25. The highest BCUT2D eigenvalue weighted by Gasteiger charge is 2.18. The monoisotopic (exact) mass is 431 g/mol. The number of methoxy groups -OCH3 is 1. The lowest BCUT2D eigenvalue weighted by molar-refractivity contribution is -0.153. The van der Waals surface area contributed by atoms with E-state index in [1.165, 1.54) is 5.56 Å². The van der Waals surface area contributed by atoms with Crippen molar-refractivity contribution in [3.8, 4) is 11.5 Å². The van der Waals surface area contributed by atoms with Crippen LogP contribution in [0.5, 0.6) is 11.5 Å². The number of benzene rings is 2. The Morgan fingerprint density at radius 1 is 1.06 bits per heavy atom. The molecule has 7 nitrogen and oxygen atoms in total. The summed E-state index contributed by atoms with van der Waals surface area (Å²) in [7, 11) is 5.44. The van der Waals surface area contributed by atoms with Crippen molar-refractivity contribution in [1.82, 2.24) is 4.90 Å². The number of carbonyl (C=O) groups excluding carboxylic acids is 1. The highest BCUT2D eigenvalue weighted by Crippen LogP contribution is 2.22. The van der Waals surface area contributed by atoms with E-state index in [4.69, 9.17) is 24.4 Å². The van der Waals surface area contributed by atoms with E-state index >= 15 is 0 Å². The molecule has 0 aromatic heterocycles. The Morgan fingerprint density at radius 3 is 2.55 bits per heavy atom. The third kappa shape index (κ3) is 9.38. The molecule has 0 aliphatic heterocycles. The van der Waals surface area contributed by atoms with Crippen molar-refractivity contribution >= 4 is 5.97 Å². The maximum atomic E-state index is 12.0. The Hall–Kier alpha value is -2.61. The largest absolute Gasteiger partial charge is 0.497 e. The first-order chi connectivity index (χ1) is 14.9. The van der Waals surface area contributed by atoms with Gasteiger partial charge < -0.3 is 29.3 Å². The Labute approximate surface area is 184 Å². The Balaban J connectivity index is 1.97. The van der Waals surface area contributed by atoms with Crippen LogP contribution in [0.4, 0.5) is 0 Å². The Morgan fingerprint density at radius 2 is 1.84 bits per heavy atom. The lowest BCUT2D eigenvalue weighted by Crippen LogP contribution is -2.35. The second kappa shape index (κ2) is 12.9. The van der Waals surface area contributed by atoms with Gasteiger partial charge in [0.2, 0.25) is 0 Å². The van der Waals surface area contributed by atoms with Gasteiger partial charge in [0, 0.05) is 13.0 Å². The normalized spacial score (nSPS) is 12.1. The number of aryl methyl sites for hydroxylation is 2. The number of nitrogens with zero attached hydrogens (tertiary/aromatic N) is 1. The van der Waals surface area contributed by atoms with Gasteiger partial charge in [-0.1, -0.05) is 30.3 Å². The molecule has 0 unspecified atom stereocenters. The van der Waals surface area contributed by atoms with Crippen molar-refractivity contribution in [2.24, 2.45) is 0 Å². The molecule has 2 aromatic carbocycles. The summed E-state index contributed by atoms with van der Waals surface area (Å²) in [5, 5.41) is 17.9. The Bertz CT molecular complexity index is 808. The number of carbonyl (C=O) groups is 1. The molecule has 0 fully saturated rings. The van der Waals surface area contributed by atoms with Gasteiger partial charge in [-0.25, -0.2) is 0 Å². The molecule has 2 aromatic rings. The average Bonchev–Trinajstić information content (AvgIpc) is 2.75. The SMILES string of the molecule is COc1cccc(CCc2ccccc2OC[C@@H](CN(C)C)OC(=O)CCC(O)O)c1. The lowest BCUT2D eigenvalue weighted by Gasteiger charge is -2.22. The number of hydrogen-bond donors (Lipinski definition) is 2. The molecule has 0 amide bonds. The topological polar surface area (TPSA) is 88.5 Å². The summed E-state index contributed by atoms with van der Waals surface area (Å²) >= 11 is 0. The van der Waals surface area contributed by atoms with E-state index in [0.29, 0.717) is 6.54 Å². The number of rotatable bonds is 13. The second-order valence-corrected chi connectivity index (χ2v) is 7.66. The number of hydrogen-bond acceptors (Lipinski definition) is 7. The standard InChI is InChI=1S/C24H33NO6/c1-25(2)16-21(31-24(28)14-13-23(26)27)17-30-22-10-5-4-8-19(22)12-11-18-7-6-9-20(15-18)29-3/h4-10,15,21,23,26-27H,11-14,16-17H2,1-3H3/t21-/m1/s1. The van der Waals surface area contributed by atoms with Crippen LogP contribution in [0, 0.1) is 0 Å². The smallest absolute Gasteiger partial charge is 0.306 e. The highest BCUT2D eigenvalue weighted by molar-refractivity contribution is 5.69. The molecule has 170 valence electrons. The molecule has 0 saturated carbocycles. The molecule has 0 saturated heterocycles. The molecule has 31 heavy (non-hydrogen) atoms. The number of para-hydroxylation sites is 1. The zero-order valence-electron chi connectivity index (χ0n) is 18.5. The van der Waals surface area contributed by atoms with E-state index in [1.807, 2.05) is 61.5 Å². The van der Waals surface area contributed by atoms with Crippen LogP contribution in [-0.4, -0.2) is 67.8 Å². The van der Waals surface area contributed by atoms with E-state index < -0.39 is 18.4 Å². The fraction of sp³-hybridized carbons (Fsp3) is 0.458. The van der Waals surface area contributed by atoms with Gasteiger partial charge in [-0.05, 0) is 56.3 Å². The number of esters is 1. The summed E-state index contributed by atoms with van der Waals surface area (Å²) < 4.78 is 16.8. The zero-order valence-corrected chi connectivity index (χ0v) is 18.5.